The van der Waals surface area contributed by atoms with Crippen LogP contribution < -0.4 is 5.32 Å². The Bertz CT molecular complexity index is 637. The summed E-state index contributed by atoms with van der Waals surface area (Å²) in [4.78, 5) is 19.1. The zero-order valence-electron chi connectivity index (χ0n) is 10.6. The molecule has 104 valence electrons. The Morgan fingerprint density at radius 3 is 3.00 bits per heavy atom. The van der Waals surface area contributed by atoms with Gasteiger partial charge in [0.05, 0.1) is 7.11 Å². The van der Waals surface area contributed by atoms with Gasteiger partial charge in [-0.1, -0.05) is 15.9 Å². The van der Waals surface area contributed by atoms with E-state index in [-0.39, 0.29) is 11.6 Å². The fourth-order valence-electron chi connectivity index (χ4n) is 1.51. The maximum absolute atomic E-state index is 13.2. The summed E-state index contributed by atoms with van der Waals surface area (Å²) in [6, 6.07) is 6.03. The molecule has 1 aromatic carbocycles. The molecule has 7 heteroatoms. The lowest BCUT2D eigenvalue weighted by atomic mass is 10.2. The molecule has 0 unspecified atom stereocenters. The van der Waals surface area contributed by atoms with E-state index >= 15 is 0 Å². The van der Waals surface area contributed by atoms with Crippen LogP contribution in [0, 0.1) is 5.82 Å². The topological polar surface area (TPSA) is 64.1 Å². The molecule has 1 heterocycles. The van der Waals surface area contributed by atoms with E-state index in [1.165, 1.54) is 25.4 Å². The molecule has 0 amide bonds. The lowest BCUT2D eigenvalue weighted by Gasteiger charge is -2.08. The Labute approximate surface area is 123 Å². The normalized spacial score (nSPS) is 10.2. The summed E-state index contributed by atoms with van der Waals surface area (Å²) in [5.74, 6) is -0.504. The molecule has 1 aromatic heterocycles. The van der Waals surface area contributed by atoms with Gasteiger partial charge in [-0.25, -0.2) is 19.2 Å². The van der Waals surface area contributed by atoms with Gasteiger partial charge in [0.15, 0.2) is 0 Å². The second-order valence-corrected chi connectivity index (χ2v) is 4.70. The molecule has 20 heavy (non-hydrogen) atoms. The Kier molecular flexibility index (Phi) is 4.62. The number of halogens is 2. The summed E-state index contributed by atoms with van der Waals surface area (Å²) < 4.78 is 18.5. The van der Waals surface area contributed by atoms with Crippen LogP contribution in [0.4, 0.5) is 10.2 Å². The van der Waals surface area contributed by atoms with Crippen LogP contribution >= 0.6 is 15.9 Å². The minimum absolute atomic E-state index is 0.0317. The van der Waals surface area contributed by atoms with Crippen LogP contribution in [0.15, 0.2) is 34.9 Å². The van der Waals surface area contributed by atoms with Crippen molar-refractivity contribution in [2.75, 3.05) is 12.4 Å². The number of hydrogen-bond acceptors (Lipinski definition) is 5. The van der Waals surface area contributed by atoms with Gasteiger partial charge in [-0.3, -0.25) is 0 Å². The second-order valence-electron chi connectivity index (χ2n) is 3.85. The summed E-state index contributed by atoms with van der Waals surface area (Å²) in [5.41, 5.74) is 0.739. The lowest BCUT2D eigenvalue weighted by molar-refractivity contribution is 0.0587. The third-order valence-corrected chi connectivity index (χ3v) is 3.26. The van der Waals surface area contributed by atoms with Crippen molar-refractivity contribution in [3.8, 4) is 0 Å². The molecule has 0 aliphatic carbocycles. The first-order valence-electron chi connectivity index (χ1n) is 5.69. The van der Waals surface area contributed by atoms with E-state index in [1.807, 2.05) is 0 Å². The average molecular weight is 340 g/mol. The van der Waals surface area contributed by atoms with E-state index in [9.17, 15) is 9.18 Å². The van der Waals surface area contributed by atoms with Crippen LogP contribution in [-0.4, -0.2) is 23.0 Å². The molecule has 1 N–H and O–H groups in total. The van der Waals surface area contributed by atoms with E-state index in [4.69, 9.17) is 0 Å². The highest BCUT2D eigenvalue weighted by atomic mass is 79.9. The number of carbonyl (C=O) groups is 1. The van der Waals surface area contributed by atoms with Crippen LogP contribution in [0.5, 0.6) is 0 Å². The van der Waals surface area contributed by atoms with Gasteiger partial charge in [-0.05, 0) is 29.8 Å². The number of nitrogens with one attached hydrogen (secondary N) is 1. The van der Waals surface area contributed by atoms with Gasteiger partial charge < -0.3 is 10.1 Å². The SMILES string of the molecule is COC(=O)c1nccc(NCc2cc(F)ccc2Br)n1. The van der Waals surface area contributed by atoms with Crippen molar-refractivity contribution in [3.63, 3.8) is 0 Å². The van der Waals surface area contributed by atoms with Crippen molar-refractivity contribution >= 4 is 27.7 Å². The van der Waals surface area contributed by atoms with Gasteiger partial charge in [0, 0.05) is 17.2 Å². The second kappa shape index (κ2) is 6.42. The minimum Gasteiger partial charge on any atom is -0.463 e. The first kappa shape index (κ1) is 14.4. The number of carbonyl (C=O) groups excluding carboxylic acids is 1. The largest absolute Gasteiger partial charge is 0.463 e. The van der Waals surface area contributed by atoms with Crippen molar-refractivity contribution in [1.82, 2.24) is 9.97 Å². The predicted molar refractivity (Wildman–Crippen MR) is 74.8 cm³/mol. The molecule has 0 saturated carbocycles. The molecule has 0 spiro atoms. The Morgan fingerprint density at radius 1 is 1.45 bits per heavy atom. The number of anilines is 1. The fraction of sp³-hybridized carbons (Fsp3) is 0.154. The summed E-state index contributed by atoms with van der Waals surface area (Å²) in [7, 11) is 1.26. The van der Waals surface area contributed by atoms with Crippen molar-refractivity contribution in [3.05, 3.63) is 52.1 Å². The summed E-state index contributed by atoms with van der Waals surface area (Å²) >= 11 is 3.34. The molecular weight excluding hydrogens is 329 g/mol. The van der Waals surface area contributed by atoms with Gasteiger partial charge in [0.1, 0.15) is 11.6 Å². The predicted octanol–water partition coefficient (Wildman–Crippen LogP) is 2.78. The molecular formula is C13H11BrFN3O2. The van der Waals surface area contributed by atoms with Crippen molar-refractivity contribution in [2.45, 2.75) is 6.54 Å². The lowest BCUT2D eigenvalue weighted by Crippen LogP contribution is -2.10. The highest BCUT2D eigenvalue weighted by molar-refractivity contribution is 9.10. The molecule has 0 radical (unpaired) electrons. The Morgan fingerprint density at radius 2 is 2.25 bits per heavy atom. The number of rotatable bonds is 4. The first-order chi connectivity index (χ1) is 9.60. The molecule has 0 aliphatic heterocycles. The highest BCUT2D eigenvalue weighted by Crippen LogP contribution is 2.18. The fourth-order valence-corrected chi connectivity index (χ4v) is 1.90. The van der Waals surface area contributed by atoms with Gasteiger partial charge >= 0.3 is 5.97 Å². The van der Waals surface area contributed by atoms with Gasteiger partial charge in [0.25, 0.3) is 0 Å². The van der Waals surface area contributed by atoms with E-state index in [2.05, 4.69) is 36.0 Å². The van der Waals surface area contributed by atoms with Crippen molar-refractivity contribution < 1.29 is 13.9 Å². The Hall–Kier alpha value is -2.02. The number of ether oxygens (including phenoxy) is 1. The van der Waals surface area contributed by atoms with Gasteiger partial charge in [0.2, 0.25) is 5.82 Å². The Balaban J connectivity index is 2.11. The van der Waals surface area contributed by atoms with Crippen molar-refractivity contribution in [1.29, 1.82) is 0 Å². The van der Waals surface area contributed by atoms with E-state index in [0.29, 0.717) is 12.4 Å². The average Bonchev–Trinajstić information content (AvgIpc) is 2.47. The molecule has 0 saturated heterocycles. The number of esters is 1. The van der Waals surface area contributed by atoms with Crippen LogP contribution in [0.25, 0.3) is 0 Å². The third-order valence-electron chi connectivity index (χ3n) is 2.49. The third kappa shape index (κ3) is 3.51. The van der Waals surface area contributed by atoms with Crippen LogP contribution in [0.3, 0.4) is 0 Å². The first-order valence-corrected chi connectivity index (χ1v) is 6.48. The quantitative estimate of drug-likeness (QED) is 0.867. The number of methoxy groups -OCH3 is 1. The maximum atomic E-state index is 13.2. The number of benzene rings is 1. The van der Waals surface area contributed by atoms with E-state index in [1.54, 1.807) is 12.1 Å². The molecule has 2 rings (SSSR count). The molecule has 0 fully saturated rings. The number of nitrogens with zero attached hydrogens (tertiary/aromatic N) is 2. The molecule has 0 aliphatic rings. The van der Waals surface area contributed by atoms with Crippen LogP contribution in [-0.2, 0) is 11.3 Å². The van der Waals surface area contributed by atoms with Crippen molar-refractivity contribution in [2.24, 2.45) is 0 Å². The molecule has 5 nitrogen and oxygen atoms in total. The summed E-state index contributed by atoms with van der Waals surface area (Å²) in [5, 5.41) is 2.99. The molecule has 0 bridgehead atoms. The van der Waals surface area contributed by atoms with Crippen LogP contribution in [0.2, 0.25) is 0 Å². The maximum Gasteiger partial charge on any atom is 0.376 e. The molecule has 0 atom stereocenters. The number of aromatic nitrogens is 2. The number of hydrogen-bond donors (Lipinski definition) is 1. The van der Waals surface area contributed by atoms with Gasteiger partial charge in [-0.2, -0.15) is 0 Å². The zero-order chi connectivity index (χ0) is 14.5. The minimum atomic E-state index is -0.611. The zero-order valence-corrected chi connectivity index (χ0v) is 12.1. The van der Waals surface area contributed by atoms with Gasteiger partial charge in [-0.15, -0.1) is 0 Å². The van der Waals surface area contributed by atoms with E-state index < -0.39 is 5.97 Å². The summed E-state index contributed by atoms with van der Waals surface area (Å²) in [6.45, 7) is 0.357. The molecule has 2 aromatic rings. The van der Waals surface area contributed by atoms with E-state index in [0.717, 1.165) is 10.0 Å². The smallest absolute Gasteiger partial charge is 0.376 e. The summed E-state index contributed by atoms with van der Waals surface area (Å²) in [6.07, 6.45) is 1.45. The monoisotopic (exact) mass is 339 g/mol. The van der Waals surface area contributed by atoms with Crippen LogP contribution in [0.1, 0.15) is 16.2 Å². The highest BCUT2D eigenvalue weighted by Gasteiger charge is 2.09. The standard InChI is InChI=1S/C13H11BrFN3O2/c1-20-13(19)12-16-5-4-11(18-12)17-7-8-6-9(15)2-3-10(8)14/h2-6H,7H2,1H3,(H,16,17,18).